The van der Waals surface area contributed by atoms with E-state index in [9.17, 15) is 4.79 Å². The quantitative estimate of drug-likeness (QED) is 0.270. The zero-order chi connectivity index (χ0) is 19.9. The highest BCUT2D eigenvalue weighted by Crippen LogP contribution is 2.16. The van der Waals surface area contributed by atoms with Crippen LogP contribution < -0.4 is 10.2 Å². The molecule has 0 radical (unpaired) electrons. The Morgan fingerprint density at radius 2 is 2.03 bits per heavy atom. The summed E-state index contributed by atoms with van der Waals surface area (Å²) < 4.78 is 1.71. The Hall–Kier alpha value is -1.75. The second kappa shape index (κ2) is 11.4. The Morgan fingerprint density at radius 1 is 1.28 bits per heavy atom. The molecule has 7 nitrogen and oxygen atoms in total. The van der Waals surface area contributed by atoms with Gasteiger partial charge in [0.2, 0.25) is 5.91 Å². The lowest BCUT2D eigenvalue weighted by Gasteiger charge is -2.35. The molecule has 1 amide bonds. The minimum atomic E-state index is 0. The van der Waals surface area contributed by atoms with Crippen molar-refractivity contribution >= 4 is 53.3 Å². The number of rotatable bonds is 6. The van der Waals surface area contributed by atoms with Crippen molar-refractivity contribution in [2.75, 3.05) is 43.9 Å². The van der Waals surface area contributed by atoms with Crippen LogP contribution in [0.1, 0.15) is 11.1 Å². The van der Waals surface area contributed by atoms with Gasteiger partial charge < -0.3 is 15.1 Å². The van der Waals surface area contributed by atoms with Gasteiger partial charge in [0.15, 0.2) is 5.96 Å². The normalized spacial score (nSPS) is 14.7. The minimum Gasteiger partial charge on any atom is -0.355 e. The summed E-state index contributed by atoms with van der Waals surface area (Å²) in [5.74, 6) is 2.84. The molecule has 2 heterocycles. The van der Waals surface area contributed by atoms with E-state index in [4.69, 9.17) is 0 Å². The van der Waals surface area contributed by atoms with Gasteiger partial charge in [-0.15, -0.1) is 24.0 Å². The van der Waals surface area contributed by atoms with Crippen LogP contribution in [0, 0.1) is 6.92 Å². The monoisotopic (exact) mass is 528 g/mol. The molecule has 1 aromatic carbocycles. The molecule has 3 rings (SSSR count). The SMILES string of the molecule is CN=C(NCCSCc1ccc(C)cc1)N1CCN(c2cnn(C)c2)C(=O)C1.I. The molecule has 1 aromatic heterocycles. The van der Waals surface area contributed by atoms with Gasteiger partial charge in [0.05, 0.1) is 11.9 Å². The largest absolute Gasteiger partial charge is 0.355 e. The van der Waals surface area contributed by atoms with E-state index < -0.39 is 0 Å². The summed E-state index contributed by atoms with van der Waals surface area (Å²) in [5, 5.41) is 7.53. The van der Waals surface area contributed by atoms with Crippen molar-refractivity contribution in [2.24, 2.45) is 12.0 Å². The van der Waals surface area contributed by atoms with Gasteiger partial charge in [-0.3, -0.25) is 14.5 Å². The molecule has 1 N–H and O–H groups in total. The average Bonchev–Trinajstić information content (AvgIpc) is 3.12. The third kappa shape index (κ3) is 6.63. The first-order valence-electron chi connectivity index (χ1n) is 9.44. The molecule has 1 fully saturated rings. The molecule has 0 atom stereocenters. The van der Waals surface area contributed by atoms with Crippen molar-refractivity contribution in [3.63, 3.8) is 0 Å². The fourth-order valence-electron chi connectivity index (χ4n) is 3.12. The van der Waals surface area contributed by atoms with Crippen LogP contribution in [-0.2, 0) is 17.6 Å². The zero-order valence-electron chi connectivity index (χ0n) is 17.2. The van der Waals surface area contributed by atoms with Crippen molar-refractivity contribution in [2.45, 2.75) is 12.7 Å². The number of thioether (sulfide) groups is 1. The van der Waals surface area contributed by atoms with E-state index in [0.717, 1.165) is 36.2 Å². The van der Waals surface area contributed by atoms with E-state index >= 15 is 0 Å². The van der Waals surface area contributed by atoms with Gasteiger partial charge >= 0.3 is 0 Å². The lowest BCUT2D eigenvalue weighted by atomic mass is 10.2. The Balaban J connectivity index is 0.00000300. The topological polar surface area (TPSA) is 65.8 Å². The number of aromatic nitrogens is 2. The van der Waals surface area contributed by atoms with Crippen LogP contribution in [0.2, 0.25) is 0 Å². The number of nitrogens with zero attached hydrogens (tertiary/aromatic N) is 5. The lowest BCUT2D eigenvalue weighted by Crippen LogP contribution is -2.55. The van der Waals surface area contributed by atoms with Gasteiger partial charge in [-0.1, -0.05) is 29.8 Å². The van der Waals surface area contributed by atoms with Gasteiger partial charge in [-0.05, 0) is 12.5 Å². The number of hydrogen-bond donors (Lipinski definition) is 1. The number of nitrogens with one attached hydrogen (secondary N) is 1. The molecule has 1 aliphatic rings. The Morgan fingerprint density at radius 3 is 2.66 bits per heavy atom. The number of piperazine rings is 1. The molecular weight excluding hydrogens is 499 g/mol. The van der Waals surface area contributed by atoms with Crippen LogP contribution in [0.25, 0.3) is 0 Å². The zero-order valence-corrected chi connectivity index (χ0v) is 20.3. The molecule has 0 unspecified atom stereocenters. The Bertz CT molecular complexity index is 823. The van der Waals surface area contributed by atoms with E-state index in [1.165, 1.54) is 11.1 Å². The van der Waals surface area contributed by atoms with Crippen LogP contribution in [0.3, 0.4) is 0 Å². The Labute approximate surface area is 193 Å². The lowest BCUT2D eigenvalue weighted by molar-refractivity contribution is -0.120. The maximum atomic E-state index is 12.6. The van der Waals surface area contributed by atoms with E-state index in [1.54, 1.807) is 22.8 Å². The third-order valence-electron chi connectivity index (χ3n) is 4.65. The van der Waals surface area contributed by atoms with Crippen molar-refractivity contribution < 1.29 is 4.79 Å². The second-order valence-electron chi connectivity index (χ2n) is 6.85. The number of carbonyl (C=O) groups is 1. The number of anilines is 1. The van der Waals surface area contributed by atoms with Gasteiger partial charge in [0.1, 0.15) is 6.54 Å². The van der Waals surface area contributed by atoms with Crippen molar-refractivity contribution in [3.05, 3.63) is 47.8 Å². The van der Waals surface area contributed by atoms with Crippen LogP contribution in [0.4, 0.5) is 5.69 Å². The standard InChI is InChI=1S/C20H28N6OS.HI/c1-16-4-6-17(7-5-16)15-28-11-8-22-20(21-2)25-9-10-26(19(27)14-25)18-12-23-24(3)13-18;/h4-7,12-13H,8-11,14-15H2,1-3H3,(H,21,22);1H. The number of aliphatic imine (C=N–C) groups is 1. The fraction of sp³-hybridized carbons (Fsp3) is 0.450. The first-order valence-corrected chi connectivity index (χ1v) is 10.6. The maximum absolute atomic E-state index is 12.6. The molecule has 0 bridgehead atoms. The summed E-state index contributed by atoms with van der Waals surface area (Å²) in [6, 6.07) is 8.67. The molecule has 2 aromatic rings. The van der Waals surface area contributed by atoms with Crippen LogP contribution >= 0.6 is 35.7 Å². The van der Waals surface area contributed by atoms with Gasteiger partial charge in [-0.2, -0.15) is 16.9 Å². The van der Waals surface area contributed by atoms with Crippen molar-refractivity contribution in [3.8, 4) is 0 Å². The van der Waals surface area contributed by atoms with E-state index in [0.29, 0.717) is 13.1 Å². The third-order valence-corrected chi connectivity index (χ3v) is 5.68. The predicted octanol–water partition coefficient (Wildman–Crippen LogP) is 2.50. The summed E-state index contributed by atoms with van der Waals surface area (Å²) in [6.45, 7) is 4.63. The first-order chi connectivity index (χ1) is 13.6. The summed E-state index contributed by atoms with van der Waals surface area (Å²) in [5.41, 5.74) is 3.48. The summed E-state index contributed by atoms with van der Waals surface area (Å²) in [6.07, 6.45) is 3.60. The molecule has 29 heavy (non-hydrogen) atoms. The molecule has 9 heteroatoms. The first kappa shape index (κ1) is 23.5. The van der Waals surface area contributed by atoms with Crippen molar-refractivity contribution in [1.29, 1.82) is 0 Å². The van der Waals surface area contributed by atoms with Crippen LogP contribution in [0.5, 0.6) is 0 Å². The molecule has 1 saturated heterocycles. The number of aryl methyl sites for hydroxylation is 2. The number of halogens is 1. The van der Waals surface area contributed by atoms with Gasteiger partial charge in [0.25, 0.3) is 0 Å². The predicted molar refractivity (Wildman–Crippen MR) is 131 cm³/mol. The summed E-state index contributed by atoms with van der Waals surface area (Å²) >= 11 is 1.89. The van der Waals surface area contributed by atoms with Crippen LogP contribution in [-0.4, -0.2) is 65.5 Å². The smallest absolute Gasteiger partial charge is 0.246 e. The highest BCUT2D eigenvalue weighted by atomic mass is 127. The van der Waals surface area contributed by atoms with Gasteiger partial charge in [-0.25, -0.2) is 0 Å². The fourth-order valence-corrected chi connectivity index (χ4v) is 3.94. The van der Waals surface area contributed by atoms with E-state index in [2.05, 4.69) is 46.6 Å². The van der Waals surface area contributed by atoms with Crippen LogP contribution in [0.15, 0.2) is 41.7 Å². The number of guanidine groups is 1. The molecule has 158 valence electrons. The number of amides is 1. The highest BCUT2D eigenvalue weighted by Gasteiger charge is 2.27. The second-order valence-corrected chi connectivity index (χ2v) is 7.96. The van der Waals surface area contributed by atoms with E-state index in [-0.39, 0.29) is 29.9 Å². The highest BCUT2D eigenvalue weighted by molar-refractivity contribution is 14.0. The summed E-state index contributed by atoms with van der Waals surface area (Å²) in [7, 11) is 3.62. The number of carbonyl (C=O) groups excluding carboxylic acids is 1. The molecular formula is C20H29IN6OS. The number of benzene rings is 1. The molecule has 0 spiro atoms. The van der Waals surface area contributed by atoms with Gasteiger partial charge in [0, 0.05) is 51.4 Å². The molecule has 1 aliphatic heterocycles. The Kier molecular flexibility index (Phi) is 9.28. The number of hydrogen-bond acceptors (Lipinski definition) is 4. The minimum absolute atomic E-state index is 0. The average molecular weight is 528 g/mol. The summed E-state index contributed by atoms with van der Waals surface area (Å²) in [4.78, 5) is 20.7. The van der Waals surface area contributed by atoms with E-state index in [1.807, 2.05) is 29.9 Å². The molecule has 0 aliphatic carbocycles. The maximum Gasteiger partial charge on any atom is 0.246 e. The van der Waals surface area contributed by atoms with Crippen molar-refractivity contribution in [1.82, 2.24) is 20.0 Å². The molecule has 0 saturated carbocycles.